The van der Waals surface area contributed by atoms with Gasteiger partial charge in [-0.15, -0.1) is 0 Å². The average Bonchev–Trinajstić information content (AvgIpc) is 2.56. The third kappa shape index (κ3) is 5.34. The molecule has 0 spiro atoms. The lowest BCUT2D eigenvalue weighted by molar-refractivity contribution is -0.144. The van der Waals surface area contributed by atoms with E-state index in [4.69, 9.17) is 0 Å². The fraction of sp³-hybridized carbons (Fsp3) is 0.263. The minimum atomic E-state index is -0.890. The van der Waals surface area contributed by atoms with Crippen LogP contribution in [0.15, 0.2) is 60.7 Å². The largest absolute Gasteiger partial charge is 0.480 e. The van der Waals surface area contributed by atoms with E-state index in [9.17, 15) is 14.7 Å². The van der Waals surface area contributed by atoms with Crippen molar-refractivity contribution >= 4 is 12.3 Å². The van der Waals surface area contributed by atoms with Crippen LogP contribution in [0, 0.1) is 0 Å². The summed E-state index contributed by atoms with van der Waals surface area (Å²) < 4.78 is 0. The summed E-state index contributed by atoms with van der Waals surface area (Å²) in [6, 6.07) is 18.9. The Hall–Kier alpha value is -2.46. The van der Waals surface area contributed by atoms with Gasteiger partial charge in [0.2, 0.25) is 0 Å². The van der Waals surface area contributed by atoms with Gasteiger partial charge in [-0.1, -0.05) is 60.7 Å². The van der Waals surface area contributed by atoms with Gasteiger partial charge in [0, 0.05) is 19.5 Å². The van der Waals surface area contributed by atoms with Crippen molar-refractivity contribution in [2.45, 2.75) is 32.0 Å². The van der Waals surface area contributed by atoms with Crippen LogP contribution in [0.1, 0.15) is 24.0 Å². The summed E-state index contributed by atoms with van der Waals surface area (Å²) in [5.74, 6) is -0.890. The summed E-state index contributed by atoms with van der Waals surface area (Å²) >= 11 is 0. The second kappa shape index (κ2) is 8.86. The molecule has 0 heterocycles. The van der Waals surface area contributed by atoms with Crippen LogP contribution >= 0.6 is 0 Å². The molecule has 120 valence electrons. The zero-order chi connectivity index (χ0) is 16.5. The highest BCUT2D eigenvalue weighted by molar-refractivity contribution is 5.74. The maximum atomic E-state index is 11.7. The van der Waals surface area contributed by atoms with Gasteiger partial charge in [-0.05, 0) is 17.5 Å². The molecule has 0 aromatic heterocycles. The molecule has 0 saturated carbocycles. The van der Waals surface area contributed by atoms with E-state index >= 15 is 0 Å². The predicted octanol–water partition coefficient (Wildman–Crippen LogP) is 3.12. The van der Waals surface area contributed by atoms with E-state index in [-0.39, 0.29) is 6.42 Å². The molecule has 2 aromatic carbocycles. The quantitative estimate of drug-likeness (QED) is 0.723. The molecule has 0 unspecified atom stereocenters. The number of aldehydes is 1. The van der Waals surface area contributed by atoms with Gasteiger partial charge < -0.3 is 9.90 Å². The highest BCUT2D eigenvalue weighted by Gasteiger charge is 2.25. The summed E-state index contributed by atoms with van der Waals surface area (Å²) in [4.78, 5) is 24.2. The van der Waals surface area contributed by atoms with Gasteiger partial charge in [0.05, 0.1) is 0 Å². The van der Waals surface area contributed by atoms with Gasteiger partial charge in [-0.25, -0.2) is 0 Å². The highest BCUT2D eigenvalue weighted by atomic mass is 16.4. The van der Waals surface area contributed by atoms with Crippen LogP contribution in [0.2, 0.25) is 0 Å². The van der Waals surface area contributed by atoms with Crippen molar-refractivity contribution in [3.8, 4) is 0 Å². The monoisotopic (exact) mass is 311 g/mol. The van der Waals surface area contributed by atoms with E-state index in [2.05, 4.69) is 0 Å². The SMILES string of the molecule is O=CCC[C@H](C(=O)O)N(Cc1ccccc1)Cc1ccccc1. The summed E-state index contributed by atoms with van der Waals surface area (Å²) in [6.07, 6.45) is 1.34. The molecule has 0 saturated heterocycles. The van der Waals surface area contributed by atoms with Gasteiger partial charge in [0.25, 0.3) is 0 Å². The Morgan fingerprint density at radius 3 is 1.83 bits per heavy atom. The molecule has 1 N–H and O–H groups in total. The first-order valence-corrected chi connectivity index (χ1v) is 7.69. The molecule has 0 amide bonds. The molecule has 23 heavy (non-hydrogen) atoms. The first-order valence-electron chi connectivity index (χ1n) is 7.69. The molecule has 2 aromatic rings. The molecule has 4 heteroatoms. The topological polar surface area (TPSA) is 57.6 Å². The van der Waals surface area contributed by atoms with Crippen molar-refractivity contribution in [1.29, 1.82) is 0 Å². The molecular weight excluding hydrogens is 290 g/mol. The van der Waals surface area contributed by atoms with E-state index in [0.29, 0.717) is 19.5 Å². The predicted molar refractivity (Wildman–Crippen MR) is 88.9 cm³/mol. The number of nitrogens with zero attached hydrogens (tertiary/aromatic N) is 1. The normalized spacial score (nSPS) is 12.0. The maximum absolute atomic E-state index is 11.7. The number of hydrogen-bond acceptors (Lipinski definition) is 3. The Kier molecular flexibility index (Phi) is 6.51. The minimum absolute atomic E-state index is 0.247. The van der Waals surface area contributed by atoms with E-state index in [1.54, 1.807) is 0 Å². The summed E-state index contributed by atoms with van der Waals surface area (Å²) in [5.41, 5.74) is 2.11. The Balaban J connectivity index is 2.21. The minimum Gasteiger partial charge on any atom is -0.480 e. The van der Waals surface area contributed by atoms with Crippen molar-refractivity contribution in [3.05, 3.63) is 71.8 Å². The third-order valence-electron chi connectivity index (χ3n) is 3.74. The highest BCUT2D eigenvalue weighted by Crippen LogP contribution is 2.16. The average molecular weight is 311 g/mol. The fourth-order valence-electron chi connectivity index (χ4n) is 2.60. The second-order valence-electron chi connectivity index (χ2n) is 5.47. The van der Waals surface area contributed by atoms with Crippen LogP contribution in [-0.2, 0) is 22.7 Å². The van der Waals surface area contributed by atoms with Crippen LogP contribution in [0.25, 0.3) is 0 Å². The Bertz CT molecular complexity index is 572. The lowest BCUT2D eigenvalue weighted by Crippen LogP contribution is -2.40. The van der Waals surface area contributed by atoms with Crippen LogP contribution in [-0.4, -0.2) is 28.3 Å². The summed E-state index contributed by atoms with van der Waals surface area (Å²) in [6.45, 7) is 1.07. The molecule has 0 aliphatic rings. The zero-order valence-corrected chi connectivity index (χ0v) is 13.0. The molecule has 0 fully saturated rings. The van der Waals surface area contributed by atoms with Crippen molar-refractivity contribution in [2.75, 3.05) is 0 Å². The third-order valence-corrected chi connectivity index (χ3v) is 3.74. The first kappa shape index (κ1) is 16.9. The number of rotatable bonds is 9. The van der Waals surface area contributed by atoms with Gasteiger partial charge in [0.15, 0.2) is 0 Å². The fourth-order valence-corrected chi connectivity index (χ4v) is 2.60. The Labute approximate surface area is 136 Å². The molecule has 0 radical (unpaired) electrons. The lowest BCUT2D eigenvalue weighted by Gasteiger charge is -2.28. The molecule has 2 rings (SSSR count). The second-order valence-corrected chi connectivity index (χ2v) is 5.47. The summed E-state index contributed by atoms with van der Waals surface area (Å²) in [5, 5.41) is 9.57. The lowest BCUT2D eigenvalue weighted by atomic mass is 10.1. The van der Waals surface area contributed by atoms with E-state index in [1.807, 2.05) is 65.6 Å². The van der Waals surface area contributed by atoms with Crippen LogP contribution in [0.4, 0.5) is 0 Å². The maximum Gasteiger partial charge on any atom is 0.320 e. The molecule has 0 aliphatic heterocycles. The summed E-state index contributed by atoms with van der Waals surface area (Å²) in [7, 11) is 0. The van der Waals surface area contributed by atoms with Crippen molar-refractivity contribution in [1.82, 2.24) is 4.90 Å². The van der Waals surface area contributed by atoms with Crippen molar-refractivity contribution in [2.24, 2.45) is 0 Å². The Morgan fingerprint density at radius 2 is 1.43 bits per heavy atom. The number of hydrogen-bond donors (Lipinski definition) is 1. The molecule has 4 nitrogen and oxygen atoms in total. The number of carbonyl (C=O) groups excluding carboxylic acids is 1. The molecular formula is C19H21NO3. The number of carboxylic acids is 1. The first-order chi connectivity index (χ1) is 11.2. The number of carboxylic acid groups (broad SMARTS) is 1. The molecule has 1 atom stereocenters. The zero-order valence-electron chi connectivity index (χ0n) is 13.0. The smallest absolute Gasteiger partial charge is 0.320 e. The number of carbonyl (C=O) groups is 2. The van der Waals surface area contributed by atoms with E-state index in [1.165, 1.54) is 0 Å². The van der Waals surface area contributed by atoms with Crippen LogP contribution < -0.4 is 0 Å². The Morgan fingerprint density at radius 1 is 0.957 bits per heavy atom. The van der Waals surface area contributed by atoms with Gasteiger partial charge >= 0.3 is 5.97 Å². The van der Waals surface area contributed by atoms with Gasteiger partial charge in [-0.3, -0.25) is 9.69 Å². The molecule has 0 aliphatic carbocycles. The molecule has 0 bridgehead atoms. The van der Waals surface area contributed by atoms with E-state index in [0.717, 1.165) is 17.4 Å². The number of benzene rings is 2. The van der Waals surface area contributed by atoms with Gasteiger partial charge in [-0.2, -0.15) is 0 Å². The van der Waals surface area contributed by atoms with E-state index < -0.39 is 12.0 Å². The van der Waals surface area contributed by atoms with Crippen molar-refractivity contribution < 1.29 is 14.7 Å². The van der Waals surface area contributed by atoms with Crippen LogP contribution in [0.3, 0.4) is 0 Å². The standard InChI is InChI=1S/C19H21NO3/c21-13-7-12-18(19(22)23)20(14-16-8-3-1-4-9-16)15-17-10-5-2-6-11-17/h1-6,8-11,13,18H,7,12,14-15H2,(H,22,23)/t18-/m1/s1. The van der Waals surface area contributed by atoms with Crippen LogP contribution in [0.5, 0.6) is 0 Å². The number of aliphatic carboxylic acids is 1. The van der Waals surface area contributed by atoms with Crippen molar-refractivity contribution in [3.63, 3.8) is 0 Å². The van der Waals surface area contributed by atoms with Gasteiger partial charge in [0.1, 0.15) is 12.3 Å².